The molecule has 0 atom stereocenters. The Bertz CT molecular complexity index is 584. The molecule has 1 aromatic carbocycles. The van der Waals surface area contributed by atoms with Crippen molar-refractivity contribution in [2.75, 3.05) is 18.0 Å². The summed E-state index contributed by atoms with van der Waals surface area (Å²) in [6.45, 7) is 2.48. The lowest BCUT2D eigenvalue weighted by Crippen LogP contribution is -2.27. The van der Waals surface area contributed by atoms with Crippen molar-refractivity contribution in [2.45, 2.75) is 18.4 Å². The van der Waals surface area contributed by atoms with E-state index in [1.165, 1.54) is 17.3 Å². The smallest absolute Gasteiger partial charge is 0.230 e. The van der Waals surface area contributed by atoms with E-state index in [2.05, 4.69) is 15.3 Å². The first-order chi connectivity index (χ1) is 10.1. The molecule has 0 aliphatic heterocycles. The van der Waals surface area contributed by atoms with Crippen LogP contribution in [0.3, 0.4) is 0 Å². The van der Waals surface area contributed by atoms with Crippen LogP contribution in [0.25, 0.3) is 0 Å². The molecule has 1 aromatic heterocycles. The Morgan fingerprint density at radius 3 is 2.76 bits per heavy atom. The fourth-order valence-corrected chi connectivity index (χ4v) is 2.61. The molecule has 0 unspecified atom stereocenters. The van der Waals surface area contributed by atoms with E-state index in [-0.39, 0.29) is 11.9 Å². The number of aryl methyl sites for hydroxylation is 1. The van der Waals surface area contributed by atoms with Gasteiger partial charge in [0.25, 0.3) is 0 Å². The Balaban J connectivity index is 1.72. The molecule has 1 heterocycles. The average Bonchev–Trinajstić information content (AvgIpc) is 2.45. The number of nitrogen functional groups attached to an aromatic ring is 1. The molecule has 0 saturated heterocycles. The molecular formula is C15H18N4OS. The van der Waals surface area contributed by atoms with Crippen molar-refractivity contribution >= 4 is 23.6 Å². The van der Waals surface area contributed by atoms with Gasteiger partial charge >= 0.3 is 0 Å². The van der Waals surface area contributed by atoms with Gasteiger partial charge in [0.1, 0.15) is 5.03 Å². The van der Waals surface area contributed by atoms with Gasteiger partial charge in [-0.1, -0.05) is 42.1 Å². The van der Waals surface area contributed by atoms with Crippen LogP contribution in [0.5, 0.6) is 0 Å². The quantitative estimate of drug-likeness (QED) is 0.628. The highest BCUT2D eigenvalue weighted by atomic mass is 32.2. The first-order valence-corrected chi connectivity index (χ1v) is 7.66. The molecule has 2 rings (SSSR count). The van der Waals surface area contributed by atoms with Crippen LogP contribution in [-0.4, -0.2) is 28.2 Å². The number of rotatable bonds is 6. The van der Waals surface area contributed by atoms with Gasteiger partial charge in [0, 0.05) is 12.2 Å². The van der Waals surface area contributed by atoms with Crippen molar-refractivity contribution in [3.63, 3.8) is 0 Å². The van der Waals surface area contributed by atoms with Crippen LogP contribution < -0.4 is 11.1 Å². The van der Waals surface area contributed by atoms with Gasteiger partial charge in [0.05, 0.1) is 5.75 Å². The molecule has 5 nitrogen and oxygen atoms in total. The van der Waals surface area contributed by atoms with Crippen molar-refractivity contribution in [1.29, 1.82) is 0 Å². The van der Waals surface area contributed by atoms with Crippen LogP contribution in [0.15, 0.2) is 41.4 Å². The molecule has 2 aromatic rings. The standard InChI is InChI=1S/C15H18N4OS/c1-11-9-14(19-15(16)18-11)21-10-13(20)17-8-7-12-5-3-2-4-6-12/h2-6,9H,7-8,10H2,1H3,(H,17,20)(H2,16,18,19). The molecular weight excluding hydrogens is 284 g/mol. The van der Waals surface area contributed by atoms with Gasteiger partial charge in [0.15, 0.2) is 0 Å². The number of aromatic nitrogens is 2. The van der Waals surface area contributed by atoms with Crippen LogP contribution in [0.4, 0.5) is 5.95 Å². The molecule has 0 aliphatic carbocycles. The largest absolute Gasteiger partial charge is 0.368 e. The van der Waals surface area contributed by atoms with Crippen LogP contribution in [0.2, 0.25) is 0 Å². The van der Waals surface area contributed by atoms with Gasteiger partial charge in [-0.25, -0.2) is 9.97 Å². The number of hydrogen-bond donors (Lipinski definition) is 2. The number of carbonyl (C=O) groups is 1. The summed E-state index contributed by atoms with van der Waals surface area (Å²) in [5.74, 6) is 0.553. The topological polar surface area (TPSA) is 80.9 Å². The summed E-state index contributed by atoms with van der Waals surface area (Å²) in [6, 6.07) is 11.9. The van der Waals surface area contributed by atoms with Crippen LogP contribution in [-0.2, 0) is 11.2 Å². The second-order valence-corrected chi connectivity index (χ2v) is 5.58. The molecule has 0 bridgehead atoms. The van der Waals surface area contributed by atoms with Crippen molar-refractivity contribution < 1.29 is 4.79 Å². The molecule has 21 heavy (non-hydrogen) atoms. The Kier molecular flexibility index (Phi) is 5.57. The van der Waals surface area contributed by atoms with E-state index in [4.69, 9.17) is 5.73 Å². The average molecular weight is 302 g/mol. The van der Waals surface area contributed by atoms with E-state index >= 15 is 0 Å². The van der Waals surface area contributed by atoms with Gasteiger partial charge in [-0.15, -0.1) is 0 Å². The Morgan fingerprint density at radius 2 is 2.05 bits per heavy atom. The van der Waals surface area contributed by atoms with Crippen LogP contribution in [0, 0.1) is 6.92 Å². The zero-order valence-corrected chi connectivity index (χ0v) is 12.7. The minimum absolute atomic E-state index is 0.00855. The summed E-state index contributed by atoms with van der Waals surface area (Å²) in [7, 11) is 0. The molecule has 110 valence electrons. The third-order valence-electron chi connectivity index (χ3n) is 2.78. The third kappa shape index (κ3) is 5.43. The second kappa shape index (κ2) is 7.64. The first kappa shape index (κ1) is 15.3. The number of hydrogen-bond acceptors (Lipinski definition) is 5. The predicted octanol–water partition coefficient (Wildman–Crippen LogP) is 1.82. The van der Waals surface area contributed by atoms with Crippen molar-refractivity contribution in [2.24, 2.45) is 0 Å². The Labute approximate surface area is 128 Å². The molecule has 0 saturated carbocycles. The number of anilines is 1. The monoisotopic (exact) mass is 302 g/mol. The summed E-state index contributed by atoms with van der Waals surface area (Å²) in [5, 5.41) is 3.62. The first-order valence-electron chi connectivity index (χ1n) is 6.68. The Hall–Kier alpha value is -2.08. The molecule has 0 fully saturated rings. The summed E-state index contributed by atoms with van der Waals surface area (Å²) in [6.07, 6.45) is 0.830. The highest BCUT2D eigenvalue weighted by Crippen LogP contribution is 2.16. The van der Waals surface area contributed by atoms with Crippen molar-refractivity contribution in [1.82, 2.24) is 15.3 Å². The Morgan fingerprint density at radius 1 is 1.29 bits per heavy atom. The van der Waals surface area contributed by atoms with E-state index in [0.29, 0.717) is 12.3 Å². The summed E-state index contributed by atoms with van der Waals surface area (Å²) < 4.78 is 0. The van der Waals surface area contributed by atoms with Gasteiger partial charge in [0.2, 0.25) is 11.9 Å². The predicted molar refractivity (Wildman–Crippen MR) is 85.1 cm³/mol. The number of thioether (sulfide) groups is 1. The van der Waals surface area contributed by atoms with E-state index in [9.17, 15) is 4.79 Å². The van der Waals surface area contributed by atoms with E-state index in [1.54, 1.807) is 0 Å². The lowest BCUT2D eigenvalue weighted by atomic mass is 10.1. The maximum absolute atomic E-state index is 11.8. The zero-order chi connectivity index (χ0) is 15.1. The van der Waals surface area contributed by atoms with Crippen LogP contribution in [0.1, 0.15) is 11.3 Å². The van der Waals surface area contributed by atoms with Crippen LogP contribution >= 0.6 is 11.8 Å². The molecule has 0 spiro atoms. The lowest BCUT2D eigenvalue weighted by molar-refractivity contribution is -0.118. The lowest BCUT2D eigenvalue weighted by Gasteiger charge is -2.06. The van der Waals surface area contributed by atoms with E-state index in [1.807, 2.05) is 43.3 Å². The molecule has 0 radical (unpaired) electrons. The summed E-state index contributed by atoms with van der Waals surface area (Å²) >= 11 is 1.36. The number of nitrogens with one attached hydrogen (secondary N) is 1. The number of amides is 1. The van der Waals surface area contributed by atoms with Crippen molar-refractivity contribution in [3.8, 4) is 0 Å². The van der Waals surface area contributed by atoms with Gasteiger partial charge in [-0.2, -0.15) is 0 Å². The number of nitrogens with zero attached hydrogens (tertiary/aromatic N) is 2. The number of carbonyl (C=O) groups excluding carboxylic acids is 1. The van der Waals surface area contributed by atoms with Gasteiger partial charge < -0.3 is 11.1 Å². The highest BCUT2D eigenvalue weighted by Gasteiger charge is 2.05. The second-order valence-electron chi connectivity index (χ2n) is 4.58. The minimum atomic E-state index is -0.00855. The number of nitrogens with two attached hydrogens (primary N) is 1. The van der Waals surface area contributed by atoms with Crippen molar-refractivity contribution in [3.05, 3.63) is 47.7 Å². The molecule has 1 amide bonds. The molecule has 0 aliphatic rings. The minimum Gasteiger partial charge on any atom is -0.368 e. The normalized spacial score (nSPS) is 10.3. The SMILES string of the molecule is Cc1cc(SCC(=O)NCCc2ccccc2)nc(N)n1. The summed E-state index contributed by atoms with van der Waals surface area (Å²) in [5.41, 5.74) is 7.59. The maximum atomic E-state index is 11.8. The van der Waals surface area contributed by atoms with E-state index < -0.39 is 0 Å². The fourth-order valence-electron chi connectivity index (χ4n) is 1.82. The fraction of sp³-hybridized carbons (Fsp3) is 0.267. The maximum Gasteiger partial charge on any atom is 0.230 e. The van der Waals surface area contributed by atoms with Gasteiger partial charge in [-0.05, 0) is 25.0 Å². The third-order valence-corrected chi connectivity index (χ3v) is 3.69. The van der Waals surface area contributed by atoms with E-state index in [0.717, 1.165) is 17.1 Å². The zero-order valence-electron chi connectivity index (χ0n) is 11.9. The molecule has 3 N–H and O–H groups in total. The summed E-state index contributed by atoms with van der Waals surface area (Å²) in [4.78, 5) is 19.9. The number of benzene rings is 1. The molecule has 6 heteroatoms. The highest BCUT2D eigenvalue weighted by molar-refractivity contribution is 7.99. The van der Waals surface area contributed by atoms with Gasteiger partial charge in [-0.3, -0.25) is 4.79 Å².